The summed E-state index contributed by atoms with van der Waals surface area (Å²) >= 11 is 9.26. The van der Waals surface area contributed by atoms with Gasteiger partial charge in [-0.25, -0.2) is 0 Å². The van der Waals surface area contributed by atoms with Gasteiger partial charge in [0.15, 0.2) is 0 Å². The van der Waals surface area contributed by atoms with Crippen LogP contribution in [0.3, 0.4) is 0 Å². The first-order valence-corrected chi connectivity index (χ1v) is 9.77. The van der Waals surface area contributed by atoms with Gasteiger partial charge in [0, 0.05) is 15.6 Å². The van der Waals surface area contributed by atoms with E-state index >= 15 is 0 Å². The van der Waals surface area contributed by atoms with Gasteiger partial charge in [-0.3, -0.25) is 0 Å². The lowest BCUT2D eigenvalue weighted by Gasteiger charge is -2.22. The minimum Gasteiger partial charge on any atom is -0.317 e. The number of aryl methyl sites for hydroxylation is 1. The van der Waals surface area contributed by atoms with Gasteiger partial charge in [0.2, 0.25) is 0 Å². The van der Waals surface area contributed by atoms with Gasteiger partial charge >= 0.3 is 0 Å². The Morgan fingerprint density at radius 2 is 1.76 bits per heavy atom. The topological polar surface area (TPSA) is 12.0 Å². The summed E-state index contributed by atoms with van der Waals surface area (Å²) < 4.78 is 30.3. The molecule has 2 aromatic carbocycles. The zero-order chi connectivity index (χ0) is 17.9. The van der Waals surface area contributed by atoms with Crippen LogP contribution in [-0.2, 0) is 12.3 Å². The average molecular weight is 429 g/mol. The summed E-state index contributed by atoms with van der Waals surface area (Å²) in [6.45, 7) is 2.17. The first kappa shape index (κ1) is 18.8. The normalized spacial score (nSPS) is 16.2. The number of hydrogen-bond acceptors (Lipinski definition) is 1. The van der Waals surface area contributed by atoms with Crippen LogP contribution in [0.15, 0.2) is 46.9 Å². The van der Waals surface area contributed by atoms with Crippen LogP contribution in [-0.4, -0.2) is 13.1 Å². The maximum atomic E-state index is 14.8. The second kappa shape index (κ2) is 8.15. The van der Waals surface area contributed by atoms with Crippen LogP contribution in [0, 0.1) is 5.92 Å². The predicted molar refractivity (Wildman–Crippen MR) is 103 cm³/mol. The van der Waals surface area contributed by atoms with Crippen LogP contribution in [0.2, 0.25) is 5.02 Å². The highest BCUT2D eigenvalue weighted by atomic mass is 79.9. The number of benzene rings is 2. The van der Waals surface area contributed by atoms with Crippen molar-refractivity contribution in [2.75, 3.05) is 13.1 Å². The molecule has 1 fully saturated rings. The Labute approximate surface area is 160 Å². The molecule has 1 nitrogen and oxygen atoms in total. The minimum atomic E-state index is -3.11. The zero-order valence-electron chi connectivity index (χ0n) is 13.9. The van der Waals surface area contributed by atoms with Gasteiger partial charge in [-0.1, -0.05) is 57.9 Å². The highest BCUT2D eigenvalue weighted by Crippen LogP contribution is 2.40. The van der Waals surface area contributed by atoms with Gasteiger partial charge in [-0.2, -0.15) is 8.78 Å². The van der Waals surface area contributed by atoms with Crippen LogP contribution in [0.1, 0.15) is 36.0 Å². The van der Waals surface area contributed by atoms with Gasteiger partial charge < -0.3 is 5.32 Å². The summed E-state index contributed by atoms with van der Waals surface area (Å²) in [6.07, 6.45) is 4.47. The number of alkyl halides is 2. The highest BCUT2D eigenvalue weighted by molar-refractivity contribution is 9.10. The van der Waals surface area contributed by atoms with Crippen molar-refractivity contribution in [1.82, 2.24) is 5.32 Å². The van der Waals surface area contributed by atoms with Crippen molar-refractivity contribution in [1.29, 1.82) is 0 Å². The molecule has 1 N–H and O–H groups in total. The van der Waals surface area contributed by atoms with Gasteiger partial charge in [-0.15, -0.1) is 0 Å². The Morgan fingerprint density at radius 3 is 2.40 bits per heavy atom. The Morgan fingerprint density at radius 1 is 1.08 bits per heavy atom. The van der Waals surface area contributed by atoms with E-state index in [1.807, 2.05) is 12.1 Å². The average Bonchev–Trinajstić information content (AvgIpc) is 2.61. The lowest BCUT2D eigenvalue weighted by Crippen LogP contribution is -2.27. The second-order valence-corrected chi connectivity index (χ2v) is 7.95. The molecule has 134 valence electrons. The molecule has 3 rings (SSSR count). The fraction of sp³-hybridized carbons (Fsp3) is 0.400. The van der Waals surface area contributed by atoms with Crippen molar-refractivity contribution < 1.29 is 8.78 Å². The van der Waals surface area contributed by atoms with Gasteiger partial charge in [0.25, 0.3) is 5.92 Å². The van der Waals surface area contributed by atoms with E-state index in [9.17, 15) is 8.78 Å². The van der Waals surface area contributed by atoms with E-state index in [0.717, 1.165) is 37.4 Å². The molecule has 0 bridgehead atoms. The third kappa shape index (κ3) is 4.60. The second-order valence-electron chi connectivity index (χ2n) is 6.63. The molecule has 0 saturated carbocycles. The number of nitrogens with one attached hydrogen (secondary N) is 1. The summed E-state index contributed by atoms with van der Waals surface area (Å²) in [5, 5.41) is 3.43. The highest BCUT2D eigenvalue weighted by Gasteiger charge is 2.36. The number of piperidine rings is 1. The summed E-state index contributed by atoms with van der Waals surface area (Å²) in [7, 11) is 0. The number of rotatable bonds is 5. The van der Waals surface area contributed by atoms with E-state index in [1.54, 1.807) is 6.07 Å². The standard InChI is InChI=1S/C20H21BrClF2N/c21-17-7-8-18(19(22)13-17)20(23,24)16-5-3-14(4-6-16)1-2-15-9-11-25-12-10-15/h3-8,13,15,25H,1-2,9-12H2. The van der Waals surface area contributed by atoms with Crippen LogP contribution in [0.25, 0.3) is 0 Å². The molecule has 0 aliphatic carbocycles. The Bertz CT molecular complexity index is 712. The van der Waals surface area contributed by atoms with Crippen molar-refractivity contribution in [3.8, 4) is 0 Å². The molecule has 0 spiro atoms. The molecule has 1 heterocycles. The summed E-state index contributed by atoms with van der Waals surface area (Å²) in [5.74, 6) is -2.37. The van der Waals surface area contributed by atoms with Crippen LogP contribution >= 0.6 is 27.5 Å². The van der Waals surface area contributed by atoms with Crippen molar-refractivity contribution in [2.45, 2.75) is 31.6 Å². The third-order valence-corrected chi connectivity index (χ3v) is 5.69. The lowest BCUT2D eigenvalue weighted by molar-refractivity contribution is 0.0429. The number of hydrogen-bond donors (Lipinski definition) is 1. The van der Waals surface area contributed by atoms with Crippen molar-refractivity contribution in [2.24, 2.45) is 5.92 Å². The predicted octanol–water partition coefficient (Wildman–Crippen LogP) is 6.17. The fourth-order valence-corrected chi connectivity index (χ4v) is 4.11. The SMILES string of the molecule is FC(F)(c1ccc(CCC2CCNCC2)cc1)c1ccc(Br)cc1Cl. The molecule has 0 amide bonds. The van der Waals surface area contributed by atoms with Gasteiger partial charge in [0.05, 0.1) is 5.02 Å². The van der Waals surface area contributed by atoms with Crippen molar-refractivity contribution in [3.05, 3.63) is 68.7 Å². The van der Waals surface area contributed by atoms with Crippen LogP contribution in [0.4, 0.5) is 8.78 Å². The fourth-order valence-electron chi connectivity index (χ4n) is 3.32. The zero-order valence-corrected chi connectivity index (χ0v) is 16.2. The van der Waals surface area contributed by atoms with E-state index in [4.69, 9.17) is 11.6 Å². The summed E-state index contributed by atoms with van der Waals surface area (Å²) in [4.78, 5) is 0. The Balaban J connectivity index is 1.70. The van der Waals surface area contributed by atoms with Gasteiger partial charge in [-0.05, 0) is 62.4 Å². The van der Waals surface area contributed by atoms with E-state index in [-0.39, 0.29) is 16.1 Å². The van der Waals surface area contributed by atoms with Gasteiger partial charge in [0.1, 0.15) is 0 Å². The van der Waals surface area contributed by atoms with E-state index in [1.165, 1.54) is 37.1 Å². The molecule has 2 aromatic rings. The lowest BCUT2D eigenvalue weighted by atomic mass is 9.91. The minimum absolute atomic E-state index is 0.0256. The molecule has 5 heteroatoms. The molecule has 0 atom stereocenters. The third-order valence-electron chi connectivity index (χ3n) is 4.89. The summed E-state index contributed by atoms with van der Waals surface area (Å²) in [5.41, 5.74) is 0.919. The first-order valence-electron chi connectivity index (χ1n) is 8.60. The molecule has 1 saturated heterocycles. The first-order chi connectivity index (χ1) is 12.0. The quantitative estimate of drug-likeness (QED) is 0.600. The maximum Gasteiger partial charge on any atom is 0.299 e. The molecular formula is C20H21BrClF2N. The largest absolute Gasteiger partial charge is 0.317 e. The molecule has 1 aliphatic heterocycles. The van der Waals surface area contributed by atoms with Crippen molar-refractivity contribution in [3.63, 3.8) is 0 Å². The molecule has 25 heavy (non-hydrogen) atoms. The molecular weight excluding hydrogens is 408 g/mol. The molecule has 0 radical (unpaired) electrons. The number of halogens is 4. The monoisotopic (exact) mass is 427 g/mol. The van der Waals surface area contributed by atoms with Crippen LogP contribution < -0.4 is 5.32 Å². The van der Waals surface area contributed by atoms with Crippen LogP contribution in [0.5, 0.6) is 0 Å². The molecule has 1 aliphatic rings. The van der Waals surface area contributed by atoms with E-state index < -0.39 is 5.92 Å². The molecule has 0 aromatic heterocycles. The van der Waals surface area contributed by atoms with E-state index in [2.05, 4.69) is 21.2 Å². The maximum absolute atomic E-state index is 14.8. The smallest absolute Gasteiger partial charge is 0.299 e. The Hall–Kier alpha value is -0.970. The van der Waals surface area contributed by atoms with Crippen molar-refractivity contribution >= 4 is 27.5 Å². The Kier molecular flexibility index (Phi) is 6.13. The molecule has 0 unspecified atom stereocenters. The van der Waals surface area contributed by atoms with E-state index in [0.29, 0.717) is 4.47 Å². The summed E-state index contributed by atoms with van der Waals surface area (Å²) in [6, 6.07) is 11.1.